The zero-order valence-electron chi connectivity index (χ0n) is 14.0. The van der Waals surface area contributed by atoms with Crippen molar-refractivity contribution in [3.05, 3.63) is 24.2 Å². The highest BCUT2D eigenvalue weighted by Crippen LogP contribution is 2.36. The molecule has 1 saturated carbocycles. The molecule has 1 aliphatic carbocycles. The fourth-order valence-electron chi connectivity index (χ4n) is 3.72. The van der Waals surface area contributed by atoms with Crippen LogP contribution in [0.25, 0.3) is 0 Å². The maximum Gasteiger partial charge on any atom is 0.191 e. The Hall–Kier alpha value is -1.14. The van der Waals surface area contributed by atoms with Crippen molar-refractivity contribution in [3.63, 3.8) is 0 Å². The minimum Gasteiger partial charge on any atom is -0.472 e. The molecule has 23 heavy (non-hydrogen) atoms. The van der Waals surface area contributed by atoms with Crippen molar-refractivity contribution in [2.45, 2.75) is 37.8 Å². The Kier molecular flexibility index (Phi) is 5.89. The van der Waals surface area contributed by atoms with E-state index in [0.717, 1.165) is 24.6 Å². The molecule has 1 aliphatic heterocycles. The van der Waals surface area contributed by atoms with Gasteiger partial charge in [-0.2, -0.15) is 11.8 Å². The first-order chi connectivity index (χ1) is 11.3. The smallest absolute Gasteiger partial charge is 0.191 e. The summed E-state index contributed by atoms with van der Waals surface area (Å²) in [6.45, 7) is 4.19. The van der Waals surface area contributed by atoms with Crippen LogP contribution in [0.15, 0.2) is 28.0 Å². The van der Waals surface area contributed by atoms with Crippen molar-refractivity contribution < 1.29 is 4.42 Å². The summed E-state index contributed by atoms with van der Waals surface area (Å²) in [5.74, 6) is 3.42. The molecule has 0 radical (unpaired) electrons. The molecule has 2 N–H and O–H groups in total. The number of rotatable bonds is 5. The molecule has 0 atom stereocenters. The molecule has 0 amide bonds. The number of nitrogens with one attached hydrogen (secondary N) is 2. The molecule has 1 aromatic rings. The van der Waals surface area contributed by atoms with Crippen LogP contribution in [-0.4, -0.2) is 54.6 Å². The minimum absolute atomic E-state index is 0.328. The molecular formula is C17H28N4OS. The lowest BCUT2D eigenvalue weighted by atomic mass is 9.94. The normalized spacial score (nSPS) is 22.2. The van der Waals surface area contributed by atoms with Crippen LogP contribution in [0.2, 0.25) is 0 Å². The van der Waals surface area contributed by atoms with E-state index in [1.807, 2.05) is 13.1 Å². The molecule has 2 fully saturated rings. The molecule has 2 heterocycles. The molecule has 1 aromatic heterocycles. The van der Waals surface area contributed by atoms with Crippen LogP contribution in [0, 0.1) is 0 Å². The third kappa shape index (κ3) is 4.23. The molecule has 0 unspecified atom stereocenters. The summed E-state index contributed by atoms with van der Waals surface area (Å²) in [6, 6.07) is 1.98. The zero-order chi connectivity index (χ0) is 16.0. The molecule has 128 valence electrons. The Labute approximate surface area is 143 Å². The molecule has 2 aliphatic rings. The molecule has 0 aromatic carbocycles. The van der Waals surface area contributed by atoms with Gasteiger partial charge in [0.25, 0.3) is 0 Å². The molecule has 6 heteroatoms. The second-order valence-electron chi connectivity index (χ2n) is 6.44. The highest BCUT2D eigenvalue weighted by molar-refractivity contribution is 7.99. The zero-order valence-corrected chi connectivity index (χ0v) is 14.8. The van der Waals surface area contributed by atoms with Gasteiger partial charge in [0.05, 0.1) is 12.5 Å². The van der Waals surface area contributed by atoms with Crippen molar-refractivity contribution >= 4 is 17.7 Å². The van der Waals surface area contributed by atoms with E-state index in [1.165, 1.54) is 50.3 Å². The van der Waals surface area contributed by atoms with Crippen molar-refractivity contribution in [1.29, 1.82) is 0 Å². The topological polar surface area (TPSA) is 52.8 Å². The number of hydrogen-bond donors (Lipinski definition) is 2. The Balaban J connectivity index is 1.54. The van der Waals surface area contributed by atoms with Gasteiger partial charge < -0.3 is 15.1 Å². The van der Waals surface area contributed by atoms with Gasteiger partial charge in [-0.05, 0) is 18.9 Å². The first kappa shape index (κ1) is 16.7. The van der Waals surface area contributed by atoms with E-state index in [1.54, 1.807) is 12.5 Å². The van der Waals surface area contributed by atoms with E-state index in [0.29, 0.717) is 5.54 Å². The number of guanidine groups is 1. The summed E-state index contributed by atoms with van der Waals surface area (Å²) < 4.78 is 5.11. The predicted molar refractivity (Wildman–Crippen MR) is 97.0 cm³/mol. The van der Waals surface area contributed by atoms with Gasteiger partial charge in [-0.3, -0.25) is 9.89 Å². The molecule has 5 nitrogen and oxygen atoms in total. The highest BCUT2D eigenvalue weighted by Gasteiger charge is 2.39. The number of furan rings is 1. The minimum atomic E-state index is 0.328. The van der Waals surface area contributed by atoms with Crippen LogP contribution in [0.5, 0.6) is 0 Å². The first-order valence-electron chi connectivity index (χ1n) is 8.61. The lowest BCUT2D eigenvalue weighted by Crippen LogP contribution is -2.57. The maximum atomic E-state index is 5.11. The Morgan fingerprint density at radius 3 is 2.74 bits per heavy atom. The Morgan fingerprint density at radius 1 is 1.30 bits per heavy atom. The van der Waals surface area contributed by atoms with Gasteiger partial charge in [-0.15, -0.1) is 0 Å². The van der Waals surface area contributed by atoms with Crippen LogP contribution in [0.4, 0.5) is 0 Å². The number of thioether (sulfide) groups is 1. The quantitative estimate of drug-likeness (QED) is 0.638. The van der Waals surface area contributed by atoms with Gasteiger partial charge in [0.15, 0.2) is 5.96 Å². The lowest BCUT2D eigenvalue weighted by Gasteiger charge is -2.43. The van der Waals surface area contributed by atoms with Crippen molar-refractivity contribution in [2.24, 2.45) is 4.99 Å². The molecule has 3 rings (SSSR count). The number of nitrogens with zero attached hydrogens (tertiary/aromatic N) is 2. The average Bonchev–Trinajstić information content (AvgIpc) is 3.28. The second kappa shape index (κ2) is 8.11. The van der Waals surface area contributed by atoms with Gasteiger partial charge >= 0.3 is 0 Å². The highest BCUT2D eigenvalue weighted by atomic mass is 32.2. The first-order valence-corrected chi connectivity index (χ1v) is 9.76. The van der Waals surface area contributed by atoms with Crippen molar-refractivity contribution in [3.8, 4) is 0 Å². The van der Waals surface area contributed by atoms with Gasteiger partial charge in [0.2, 0.25) is 0 Å². The number of hydrogen-bond acceptors (Lipinski definition) is 4. The summed E-state index contributed by atoms with van der Waals surface area (Å²) in [5, 5.41) is 6.94. The van der Waals surface area contributed by atoms with Gasteiger partial charge in [0, 0.05) is 55.8 Å². The second-order valence-corrected chi connectivity index (χ2v) is 7.67. The maximum absolute atomic E-state index is 5.11. The average molecular weight is 337 g/mol. The SMILES string of the molecule is CN=C(NCc1ccoc1)NCC1(N2CCSCC2)CCCC1. The van der Waals surface area contributed by atoms with E-state index in [4.69, 9.17) is 4.42 Å². The Bertz CT molecular complexity index is 491. The third-order valence-electron chi connectivity index (χ3n) is 5.06. The van der Waals surface area contributed by atoms with E-state index in [-0.39, 0.29) is 0 Å². The number of aliphatic imine (C=N–C) groups is 1. The summed E-state index contributed by atoms with van der Waals surface area (Å²) in [4.78, 5) is 7.09. The fraction of sp³-hybridized carbons (Fsp3) is 0.706. The van der Waals surface area contributed by atoms with E-state index >= 15 is 0 Å². The summed E-state index contributed by atoms with van der Waals surface area (Å²) in [6.07, 6.45) is 8.80. The molecule has 0 spiro atoms. The van der Waals surface area contributed by atoms with Crippen molar-refractivity contribution in [2.75, 3.05) is 38.2 Å². The van der Waals surface area contributed by atoms with Crippen molar-refractivity contribution in [1.82, 2.24) is 15.5 Å². The van der Waals surface area contributed by atoms with Gasteiger partial charge in [-0.25, -0.2) is 0 Å². The fourth-order valence-corrected chi connectivity index (χ4v) is 4.63. The van der Waals surface area contributed by atoms with E-state index in [9.17, 15) is 0 Å². The van der Waals surface area contributed by atoms with E-state index in [2.05, 4.69) is 32.3 Å². The summed E-state index contributed by atoms with van der Waals surface area (Å²) in [5.41, 5.74) is 1.46. The van der Waals surface area contributed by atoms with Crippen LogP contribution in [0.3, 0.4) is 0 Å². The Morgan fingerprint density at radius 2 is 2.09 bits per heavy atom. The van der Waals surface area contributed by atoms with Gasteiger partial charge in [-0.1, -0.05) is 12.8 Å². The van der Waals surface area contributed by atoms with Crippen LogP contribution < -0.4 is 10.6 Å². The van der Waals surface area contributed by atoms with Crippen LogP contribution >= 0.6 is 11.8 Å². The lowest BCUT2D eigenvalue weighted by molar-refractivity contribution is 0.107. The molecule has 1 saturated heterocycles. The monoisotopic (exact) mass is 336 g/mol. The van der Waals surface area contributed by atoms with Gasteiger partial charge in [0.1, 0.15) is 0 Å². The standard InChI is InChI=1S/C17H28N4OS/c1-18-16(19-12-15-4-9-22-13-15)20-14-17(5-2-3-6-17)21-7-10-23-11-8-21/h4,9,13H,2-3,5-8,10-12,14H2,1H3,(H2,18,19,20). The predicted octanol–water partition coefficient (Wildman–Crippen LogP) is 2.31. The summed E-state index contributed by atoms with van der Waals surface area (Å²) in [7, 11) is 1.84. The van der Waals surface area contributed by atoms with Crippen LogP contribution in [-0.2, 0) is 6.54 Å². The summed E-state index contributed by atoms with van der Waals surface area (Å²) >= 11 is 2.08. The third-order valence-corrected chi connectivity index (χ3v) is 6.01. The molecule has 0 bridgehead atoms. The van der Waals surface area contributed by atoms with E-state index < -0.39 is 0 Å². The van der Waals surface area contributed by atoms with Crippen LogP contribution in [0.1, 0.15) is 31.2 Å². The molecular weight excluding hydrogens is 308 g/mol. The largest absolute Gasteiger partial charge is 0.472 e.